The van der Waals surface area contributed by atoms with E-state index in [-0.39, 0.29) is 11.4 Å². The molecule has 1 unspecified atom stereocenters. The van der Waals surface area contributed by atoms with Crippen LogP contribution >= 0.6 is 0 Å². The third kappa shape index (κ3) is 2.66. The molecule has 1 saturated heterocycles. The summed E-state index contributed by atoms with van der Waals surface area (Å²) in [6, 6.07) is 5.58. The van der Waals surface area contributed by atoms with E-state index in [1.165, 1.54) is 0 Å². The Balaban J connectivity index is 2.32. The van der Waals surface area contributed by atoms with Gasteiger partial charge in [-0.25, -0.2) is 4.39 Å². The molecule has 2 nitrogen and oxygen atoms in total. The molecule has 0 spiro atoms. The van der Waals surface area contributed by atoms with Gasteiger partial charge >= 0.3 is 0 Å². The number of nitrogens with one attached hydrogen (secondary N) is 1. The highest BCUT2D eigenvalue weighted by atomic mass is 19.1. The first-order valence-electron chi connectivity index (χ1n) is 6.71. The normalized spacial score (nSPS) is 23.2. The molecule has 0 bridgehead atoms. The fraction of sp³-hybridized carbons (Fsp3) is 0.600. The molecule has 1 heterocycles. The van der Waals surface area contributed by atoms with Gasteiger partial charge in [-0.2, -0.15) is 0 Å². The van der Waals surface area contributed by atoms with E-state index in [1.54, 1.807) is 12.1 Å². The number of piperazine rings is 1. The standard InChI is InChI=1S/C15H23FN2/c1-5-13-9-17-15(3,4)10-18(13)14-7-6-12(16)8-11(14)2/h6-8,13,17H,5,9-10H2,1-4H3. The third-order valence-corrected chi connectivity index (χ3v) is 3.76. The maximum absolute atomic E-state index is 13.2. The van der Waals surface area contributed by atoms with Crippen LogP contribution in [0.3, 0.4) is 0 Å². The number of halogens is 1. The average Bonchev–Trinajstić information content (AvgIpc) is 2.28. The minimum atomic E-state index is -0.154. The second kappa shape index (κ2) is 4.88. The number of hydrogen-bond acceptors (Lipinski definition) is 2. The highest BCUT2D eigenvalue weighted by Crippen LogP contribution is 2.28. The van der Waals surface area contributed by atoms with Crippen LogP contribution in [0.4, 0.5) is 10.1 Å². The van der Waals surface area contributed by atoms with Crippen LogP contribution in [-0.4, -0.2) is 24.7 Å². The Labute approximate surface area is 109 Å². The smallest absolute Gasteiger partial charge is 0.123 e. The summed E-state index contributed by atoms with van der Waals surface area (Å²) in [7, 11) is 0. The lowest BCUT2D eigenvalue weighted by molar-refractivity contribution is 0.306. The van der Waals surface area contributed by atoms with Crippen LogP contribution in [0, 0.1) is 12.7 Å². The predicted molar refractivity (Wildman–Crippen MR) is 74.6 cm³/mol. The highest BCUT2D eigenvalue weighted by Gasteiger charge is 2.32. The Morgan fingerprint density at radius 2 is 2.17 bits per heavy atom. The molecule has 1 aromatic carbocycles. The molecule has 0 amide bonds. The first-order chi connectivity index (χ1) is 8.43. The van der Waals surface area contributed by atoms with Crippen LogP contribution in [-0.2, 0) is 0 Å². The second-order valence-electron chi connectivity index (χ2n) is 5.89. The van der Waals surface area contributed by atoms with Gasteiger partial charge in [-0.1, -0.05) is 6.92 Å². The van der Waals surface area contributed by atoms with Crippen molar-refractivity contribution >= 4 is 5.69 Å². The summed E-state index contributed by atoms with van der Waals surface area (Å²) in [5.74, 6) is -0.154. The fourth-order valence-electron chi connectivity index (χ4n) is 2.70. The van der Waals surface area contributed by atoms with E-state index in [0.717, 1.165) is 30.8 Å². The van der Waals surface area contributed by atoms with E-state index in [0.29, 0.717) is 6.04 Å². The van der Waals surface area contributed by atoms with Crippen molar-refractivity contribution in [2.45, 2.75) is 45.7 Å². The summed E-state index contributed by atoms with van der Waals surface area (Å²) in [6.07, 6.45) is 1.10. The first kappa shape index (κ1) is 13.3. The molecule has 1 aliphatic heterocycles. The number of anilines is 1. The quantitative estimate of drug-likeness (QED) is 0.867. The lowest BCUT2D eigenvalue weighted by Crippen LogP contribution is -2.61. The van der Waals surface area contributed by atoms with Crippen molar-refractivity contribution in [1.29, 1.82) is 0 Å². The molecule has 2 rings (SSSR count). The van der Waals surface area contributed by atoms with Gasteiger partial charge < -0.3 is 10.2 Å². The van der Waals surface area contributed by atoms with Crippen LogP contribution < -0.4 is 10.2 Å². The molecule has 1 fully saturated rings. The van der Waals surface area contributed by atoms with Gasteiger partial charge in [0.05, 0.1) is 0 Å². The Bertz CT molecular complexity index is 429. The number of nitrogens with zero attached hydrogens (tertiary/aromatic N) is 1. The highest BCUT2D eigenvalue weighted by molar-refractivity contribution is 5.55. The molecule has 1 aromatic rings. The van der Waals surface area contributed by atoms with Gasteiger partial charge in [0.15, 0.2) is 0 Å². The average molecular weight is 250 g/mol. The number of rotatable bonds is 2. The van der Waals surface area contributed by atoms with Gasteiger partial charge in [0.2, 0.25) is 0 Å². The second-order valence-corrected chi connectivity index (χ2v) is 5.89. The number of aryl methyl sites for hydroxylation is 1. The summed E-state index contributed by atoms with van der Waals surface area (Å²) >= 11 is 0. The molecule has 3 heteroatoms. The summed E-state index contributed by atoms with van der Waals surface area (Å²) in [5, 5.41) is 3.57. The largest absolute Gasteiger partial charge is 0.365 e. The van der Waals surface area contributed by atoms with Gasteiger partial charge in [0.1, 0.15) is 5.82 Å². The van der Waals surface area contributed by atoms with Gasteiger partial charge in [-0.15, -0.1) is 0 Å². The van der Waals surface area contributed by atoms with Crippen molar-refractivity contribution in [3.05, 3.63) is 29.6 Å². The molecule has 100 valence electrons. The van der Waals surface area contributed by atoms with Crippen LogP contribution in [0.25, 0.3) is 0 Å². The number of benzene rings is 1. The molecule has 1 N–H and O–H groups in total. The molecule has 0 aliphatic carbocycles. The monoisotopic (exact) mass is 250 g/mol. The van der Waals surface area contributed by atoms with Gasteiger partial charge in [-0.05, 0) is 51.0 Å². The SMILES string of the molecule is CCC1CNC(C)(C)CN1c1ccc(F)cc1C. The lowest BCUT2D eigenvalue weighted by atomic mass is 9.96. The first-order valence-corrected chi connectivity index (χ1v) is 6.71. The van der Waals surface area contributed by atoms with Crippen LogP contribution in [0.5, 0.6) is 0 Å². The predicted octanol–water partition coefficient (Wildman–Crippen LogP) is 3.10. The van der Waals surface area contributed by atoms with E-state index in [4.69, 9.17) is 0 Å². The molecule has 1 aliphatic rings. The number of hydrogen-bond donors (Lipinski definition) is 1. The topological polar surface area (TPSA) is 15.3 Å². The van der Waals surface area contributed by atoms with Gasteiger partial charge in [0.25, 0.3) is 0 Å². The van der Waals surface area contributed by atoms with Crippen molar-refractivity contribution in [3.63, 3.8) is 0 Å². The Morgan fingerprint density at radius 1 is 1.44 bits per heavy atom. The molecule has 0 aromatic heterocycles. The lowest BCUT2D eigenvalue weighted by Gasteiger charge is -2.46. The van der Waals surface area contributed by atoms with Gasteiger partial charge in [0, 0.05) is 30.4 Å². The summed E-state index contributed by atoms with van der Waals surface area (Å²) < 4.78 is 13.2. The van der Waals surface area contributed by atoms with E-state index in [1.807, 2.05) is 13.0 Å². The summed E-state index contributed by atoms with van der Waals surface area (Å²) in [4.78, 5) is 2.42. The van der Waals surface area contributed by atoms with Crippen molar-refractivity contribution in [1.82, 2.24) is 5.32 Å². The zero-order valence-electron chi connectivity index (χ0n) is 11.8. The van der Waals surface area contributed by atoms with E-state index < -0.39 is 0 Å². The summed E-state index contributed by atoms with van der Waals surface area (Å²) in [5.41, 5.74) is 2.29. The molecule has 0 saturated carbocycles. The van der Waals surface area contributed by atoms with Crippen molar-refractivity contribution in [3.8, 4) is 0 Å². The van der Waals surface area contributed by atoms with Crippen molar-refractivity contribution < 1.29 is 4.39 Å². The Hall–Kier alpha value is -1.09. The van der Waals surface area contributed by atoms with Crippen LogP contribution in [0.2, 0.25) is 0 Å². The van der Waals surface area contributed by atoms with Gasteiger partial charge in [-0.3, -0.25) is 0 Å². The molecular formula is C15H23FN2. The minimum Gasteiger partial charge on any atom is -0.365 e. The minimum absolute atomic E-state index is 0.104. The zero-order chi connectivity index (χ0) is 13.3. The maximum Gasteiger partial charge on any atom is 0.123 e. The molecular weight excluding hydrogens is 227 g/mol. The van der Waals surface area contributed by atoms with Crippen LogP contribution in [0.15, 0.2) is 18.2 Å². The Morgan fingerprint density at radius 3 is 2.78 bits per heavy atom. The van der Waals surface area contributed by atoms with E-state index >= 15 is 0 Å². The molecule has 1 atom stereocenters. The van der Waals surface area contributed by atoms with E-state index in [2.05, 4.69) is 31.0 Å². The third-order valence-electron chi connectivity index (χ3n) is 3.76. The zero-order valence-corrected chi connectivity index (χ0v) is 11.8. The maximum atomic E-state index is 13.2. The Kier molecular flexibility index (Phi) is 3.62. The molecule has 0 radical (unpaired) electrons. The summed E-state index contributed by atoms with van der Waals surface area (Å²) in [6.45, 7) is 10.6. The fourth-order valence-corrected chi connectivity index (χ4v) is 2.70. The van der Waals surface area contributed by atoms with E-state index in [9.17, 15) is 4.39 Å². The van der Waals surface area contributed by atoms with Crippen molar-refractivity contribution in [2.24, 2.45) is 0 Å². The van der Waals surface area contributed by atoms with Crippen LogP contribution in [0.1, 0.15) is 32.8 Å². The molecule has 18 heavy (non-hydrogen) atoms. The van der Waals surface area contributed by atoms with Crippen molar-refractivity contribution in [2.75, 3.05) is 18.0 Å².